The molecule has 1 aliphatic rings. The lowest BCUT2D eigenvalue weighted by atomic mass is 10.0. The Hall–Kier alpha value is -1.49. The molecule has 0 aromatic carbocycles. The molecule has 0 amide bonds. The maximum absolute atomic E-state index is 11.8. The van der Waals surface area contributed by atoms with Gasteiger partial charge in [0.1, 0.15) is 10.7 Å². The fourth-order valence-corrected chi connectivity index (χ4v) is 3.44. The number of Topliss-reactive ketones (excluding diaryl/α,β-unsaturated/α-hetero) is 1. The Balaban J connectivity index is 2.02. The molecular formula is C13H15N3OS. The Morgan fingerprint density at radius 2 is 2.33 bits per heavy atom. The monoisotopic (exact) mass is 261 g/mol. The van der Waals surface area contributed by atoms with Gasteiger partial charge in [-0.3, -0.25) is 4.79 Å². The van der Waals surface area contributed by atoms with E-state index in [9.17, 15) is 4.79 Å². The first kappa shape index (κ1) is 11.6. The van der Waals surface area contributed by atoms with Gasteiger partial charge in [-0.05, 0) is 19.3 Å². The predicted octanol–water partition coefficient (Wildman–Crippen LogP) is 2.94. The first-order valence-corrected chi connectivity index (χ1v) is 7.14. The number of aryl methyl sites for hydroxylation is 2. The topological polar surface area (TPSA) is 47.8 Å². The molecule has 4 nitrogen and oxygen atoms in total. The van der Waals surface area contributed by atoms with Crippen LogP contribution in [0.5, 0.6) is 0 Å². The normalized spacial score (nSPS) is 14.8. The second kappa shape index (κ2) is 4.65. The van der Waals surface area contributed by atoms with Crippen molar-refractivity contribution in [3.05, 3.63) is 23.1 Å². The first-order chi connectivity index (χ1) is 8.79. The zero-order valence-electron chi connectivity index (χ0n) is 10.3. The van der Waals surface area contributed by atoms with Crippen molar-refractivity contribution < 1.29 is 4.79 Å². The van der Waals surface area contributed by atoms with Crippen LogP contribution in [0.1, 0.15) is 41.6 Å². The van der Waals surface area contributed by atoms with Gasteiger partial charge in [0.05, 0.1) is 18.2 Å². The summed E-state index contributed by atoms with van der Waals surface area (Å²) in [6, 6.07) is 0. The lowest BCUT2D eigenvalue weighted by Gasteiger charge is -2.06. The van der Waals surface area contributed by atoms with E-state index in [0.29, 0.717) is 12.1 Å². The quantitative estimate of drug-likeness (QED) is 0.853. The van der Waals surface area contributed by atoms with Gasteiger partial charge in [0.2, 0.25) is 0 Å². The lowest BCUT2D eigenvalue weighted by molar-refractivity contribution is 0.0968. The van der Waals surface area contributed by atoms with Crippen molar-refractivity contribution in [3.8, 4) is 10.7 Å². The first-order valence-electron chi connectivity index (χ1n) is 6.33. The molecule has 94 valence electrons. The van der Waals surface area contributed by atoms with Crippen molar-refractivity contribution in [2.75, 3.05) is 0 Å². The van der Waals surface area contributed by atoms with E-state index in [1.165, 1.54) is 0 Å². The number of hydrogen-bond acceptors (Lipinski definition) is 4. The van der Waals surface area contributed by atoms with Gasteiger partial charge in [-0.15, -0.1) is 11.3 Å². The van der Waals surface area contributed by atoms with E-state index < -0.39 is 0 Å². The molecule has 0 saturated heterocycles. The Morgan fingerprint density at radius 1 is 1.44 bits per heavy atom. The summed E-state index contributed by atoms with van der Waals surface area (Å²) in [7, 11) is 0. The molecule has 0 unspecified atom stereocenters. The number of fused-ring (bicyclic) bond motifs is 1. The number of ketones is 1. The van der Waals surface area contributed by atoms with Crippen molar-refractivity contribution in [1.29, 1.82) is 0 Å². The third-order valence-electron chi connectivity index (χ3n) is 3.17. The van der Waals surface area contributed by atoms with Gasteiger partial charge in [0, 0.05) is 17.8 Å². The number of hydrogen-bond donors (Lipinski definition) is 0. The van der Waals surface area contributed by atoms with Crippen LogP contribution < -0.4 is 0 Å². The molecule has 2 heterocycles. The van der Waals surface area contributed by atoms with Crippen LogP contribution in [0.2, 0.25) is 0 Å². The highest BCUT2D eigenvalue weighted by Gasteiger charge is 2.23. The number of aromatic nitrogens is 3. The molecule has 3 rings (SSSR count). The highest BCUT2D eigenvalue weighted by molar-refractivity contribution is 7.15. The van der Waals surface area contributed by atoms with Crippen LogP contribution in [-0.2, 0) is 13.0 Å². The van der Waals surface area contributed by atoms with Crippen molar-refractivity contribution in [1.82, 2.24) is 14.5 Å². The van der Waals surface area contributed by atoms with E-state index >= 15 is 0 Å². The smallest absolute Gasteiger partial charge is 0.182 e. The van der Waals surface area contributed by atoms with Gasteiger partial charge < -0.3 is 4.57 Å². The standard InChI is InChI=1S/C13H15N3OS/c1-2-6-16-8-14-7-9(16)13-15-12-10(17)4-3-5-11(12)18-13/h7-8H,2-6H2,1H3. The molecular weight excluding hydrogens is 246 g/mol. The third kappa shape index (κ3) is 1.88. The van der Waals surface area contributed by atoms with Gasteiger partial charge in [-0.2, -0.15) is 0 Å². The molecule has 2 aromatic rings. The Labute approximate surface area is 110 Å². The number of carbonyl (C=O) groups is 1. The molecule has 2 aromatic heterocycles. The Kier molecular flexibility index (Phi) is 2.99. The van der Waals surface area contributed by atoms with Gasteiger partial charge in [-0.1, -0.05) is 6.92 Å². The van der Waals surface area contributed by atoms with Crippen molar-refractivity contribution in [3.63, 3.8) is 0 Å². The van der Waals surface area contributed by atoms with Crippen LogP contribution in [0.3, 0.4) is 0 Å². The number of carbonyl (C=O) groups excluding carboxylic acids is 1. The molecule has 0 radical (unpaired) electrons. The average molecular weight is 261 g/mol. The molecule has 5 heteroatoms. The van der Waals surface area contributed by atoms with E-state index in [0.717, 1.165) is 41.4 Å². The van der Waals surface area contributed by atoms with Crippen LogP contribution in [0.15, 0.2) is 12.5 Å². The summed E-state index contributed by atoms with van der Waals surface area (Å²) >= 11 is 1.64. The Bertz CT molecular complexity index is 585. The molecule has 0 spiro atoms. The van der Waals surface area contributed by atoms with Crippen LogP contribution in [0.4, 0.5) is 0 Å². The van der Waals surface area contributed by atoms with E-state index in [1.54, 1.807) is 11.3 Å². The predicted molar refractivity (Wildman–Crippen MR) is 70.9 cm³/mol. The summed E-state index contributed by atoms with van der Waals surface area (Å²) < 4.78 is 2.11. The van der Waals surface area contributed by atoms with E-state index in [2.05, 4.69) is 21.5 Å². The van der Waals surface area contributed by atoms with Crippen molar-refractivity contribution >= 4 is 17.1 Å². The average Bonchev–Trinajstić information content (AvgIpc) is 2.95. The second-order valence-electron chi connectivity index (χ2n) is 4.54. The highest BCUT2D eigenvalue weighted by atomic mass is 32.1. The molecule has 0 saturated carbocycles. The van der Waals surface area contributed by atoms with E-state index in [-0.39, 0.29) is 5.78 Å². The van der Waals surface area contributed by atoms with E-state index in [4.69, 9.17) is 0 Å². The molecule has 0 atom stereocenters. The second-order valence-corrected chi connectivity index (χ2v) is 5.62. The summed E-state index contributed by atoms with van der Waals surface area (Å²) in [6.07, 6.45) is 7.32. The maximum Gasteiger partial charge on any atom is 0.182 e. The third-order valence-corrected chi connectivity index (χ3v) is 4.30. The van der Waals surface area contributed by atoms with Crippen molar-refractivity contribution in [2.24, 2.45) is 0 Å². The fraction of sp³-hybridized carbons (Fsp3) is 0.462. The van der Waals surface area contributed by atoms with Crippen LogP contribution in [0.25, 0.3) is 10.7 Å². The molecule has 1 aliphatic carbocycles. The molecule has 0 N–H and O–H groups in total. The van der Waals surface area contributed by atoms with Gasteiger partial charge in [0.25, 0.3) is 0 Å². The minimum atomic E-state index is 0.195. The zero-order chi connectivity index (χ0) is 12.5. The Morgan fingerprint density at radius 3 is 3.11 bits per heavy atom. The van der Waals surface area contributed by atoms with Crippen LogP contribution in [0, 0.1) is 0 Å². The van der Waals surface area contributed by atoms with Gasteiger partial charge in [-0.25, -0.2) is 9.97 Å². The molecule has 0 aliphatic heterocycles. The summed E-state index contributed by atoms with van der Waals surface area (Å²) in [5.74, 6) is 0.195. The van der Waals surface area contributed by atoms with Crippen LogP contribution in [-0.4, -0.2) is 20.3 Å². The highest BCUT2D eigenvalue weighted by Crippen LogP contribution is 2.32. The minimum absolute atomic E-state index is 0.195. The summed E-state index contributed by atoms with van der Waals surface area (Å²) in [5.41, 5.74) is 1.73. The maximum atomic E-state index is 11.8. The summed E-state index contributed by atoms with van der Waals surface area (Å²) in [5, 5.41) is 0.932. The fourth-order valence-electron chi connectivity index (χ4n) is 2.29. The number of rotatable bonds is 3. The number of thiazole rings is 1. The SMILES string of the molecule is CCCn1cncc1-c1nc2c(s1)CCCC2=O. The number of nitrogens with zero attached hydrogens (tertiary/aromatic N) is 3. The van der Waals surface area contributed by atoms with E-state index in [1.807, 2.05) is 12.5 Å². The minimum Gasteiger partial charge on any atom is -0.329 e. The van der Waals surface area contributed by atoms with Crippen LogP contribution >= 0.6 is 11.3 Å². The van der Waals surface area contributed by atoms with Gasteiger partial charge in [0.15, 0.2) is 5.78 Å². The molecule has 0 bridgehead atoms. The van der Waals surface area contributed by atoms with Crippen molar-refractivity contribution in [2.45, 2.75) is 39.2 Å². The molecule has 18 heavy (non-hydrogen) atoms. The summed E-state index contributed by atoms with van der Waals surface area (Å²) in [6.45, 7) is 3.08. The zero-order valence-corrected chi connectivity index (χ0v) is 11.2. The lowest BCUT2D eigenvalue weighted by Crippen LogP contribution is -2.08. The molecule has 0 fully saturated rings. The number of imidazole rings is 1. The van der Waals surface area contributed by atoms with Gasteiger partial charge >= 0.3 is 0 Å². The largest absolute Gasteiger partial charge is 0.329 e. The summed E-state index contributed by atoms with van der Waals surface area (Å²) in [4.78, 5) is 21.7.